The summed E-state index contributed by atoms with van der Waals surface area (Å²) in [5.74, 6) is 0.155. The second-order valence-corrected chi connectivity index (χ2v) is 5.05. The van der Waals surface area contributed by atoms with Crippen molar-refractivity contribution in [2.24, 2.45) is 0 Å². The van der Waals surface area contributed by atoms with E-state index in [2.05, 4.69) is 0 Å². The third-order valence-electron chi connectivity index (χ3n) is 2.20. The van der Waals surface area contributed by atoms with Gasteiger partial charge in [0.15, 0.2) is 5.78 Å². The fraction of sp³-hybridized carbons (Fsp3) is 0.182. The highest BCUT2D eigenvalue weighted by atomic mass is 32.1. The lowest BCUT2D eigenvalue weighted by molar-refractivity contribution is 0.103. The lowest BCUT2D eigenvalue weighted by Crippen LogP contribution is -2.01. The first-order valence-corrected chi connectivity index (χ1v) is 6.14. The summed E-state index contributed by atoms with van der Waals surface area (Å²) in [6, 6.07) is 1.90. The number of hydrogen-bond donors (Lipinski definition) is 0. The van der Waals surface area contributed by atoms with Crippen molar-refractivity contribution < 1.29 is 4.79 Å². The number of ketones is 1. The molecule has 0 aliphatic carbocycles. The number of rotatable bonds is 2. The molecule has 1 nitrogen and oxygen atoms in total. The van der Waals surface area contributed by atoms with Crippen molar-refractivity contribution in [3.05, 3.63) is 43.8 Å². The van der Waals surface area contributed by atoms with Gasteiger partial charge in [-0.25, -0.2) is 0 Å². The molecule has 0 aromatic carbocycles. The largest absolute Gasteiger partial charge is 0.289 e. The monoisotopic (exact) mass is 222 g/mol. The maximum Gasteiger partial charge on any atom is 0.195 e. The molecule has 2 heterocycles. The molecule has 0 atom stereocenters. The van der Waals surface area contributed by atoms with Crippen LogP contribution in [0.1, 0.15) is 26.4 Å². The first-order chi connectivity index (χ1) is 6.70. The van der Waals surface area contributed by atoms with E-state index in [-0.39, 0.29) is 5.78 Å². The molecule has 0 saturated heterocycles. The molecule has 0 unspecified atom stereocenters. The molecule has 0 N–H and O–H groups in total. The molecule has 0 bridgehead atoms. The SMILES string of the molecule is Cc1cscc1C(=O)c1ccsc1C. The Hall–Kier alpha value is -0.930. The van der Waals surface area contributed by atoms with E-state index in [1.54, 1.807) is 22.7 Å². The van der Waals surface area contributed by atoms with Gasteiger partial charge in [-0.2, -0.15) is 11.3 Å². The quantitative estimate of drug-likeness (QED) is 0.709. The number of thiophene rings is 2. The second-order valence-electron chi connectivity index (χ2n) is 3.19. The van der Waals surface area contributed by atoms with Gasteiger partial charge in [-0.3, -0.25) is 4.79 Å². The first-order valence-electron chi connectivity index (χ1n) is 4.31. The van der Waals surface area contributed by atoms with Crippen LogP contribution >= 0.6 is 22.7 Å². The van der Waals surface area contributed by atoms with Crippen LogP contribution in [0.5, 0.6) is 0 Å². The Morgan fingerprint density at radius 2 is 2.00 bits per heavy atom. The van der Waals surface area contributed by atoms with E-state index in [4.69, 9.17) is 0 Å². The fourth-order valence-corrected chi connectivity index (χ4v) is 2.88. The Kier molecular flexibility index (Phi) is 2.52. The van der Waals surface area contributed by atoms with Crippen LogP contribution in [-0.2, 0) is 0 Å². The molecular weight excluding hydrogens is 212 g/mol. The summed E-state index contributed by atoms with van der Waals surface area (Å²) in [6.07, 6.45) is 0. The molecule has 3 heteroatoms. The summed E-state index contributed by atoms with van der Waals surface area (Å²) in [4.78, 5) is 13.1. The lowest BCUT2D eigenvalue weighted by Gasteiger charge is -1.98. The topological polar surface area (TPSA) is 17.1 Å². The van der Waals surface area contributed by atoms with Crippen LogP contribution in [-0.4, -0.2) is 5.78 Å². The maximum absolute atomic E-state index is 12.0. The molecule has 0 saturated carbocycles. The molecule has 0 aliphatic rings. The van der Waals surface area contributed by atoms with Crippen LogP contribution in [0.3, 0.4) is 0 Å². The van der Waals surface area contributed by atoms with E-state index < -0.39 is 0 Å². The molecule has 0 spiro atoms. The van der Waals surface area contributed by atoms with E-state index in [1.807, 2.05) is 36.1 Å². The van der Waals surface area contributed by atoms with Crippen molar-refractivity contribution in [1.82, 2.24) is 0 Å². The predicted octanol–water partition coefficient (Wildman–Crippen LogP) is 3.66. The number of carbonyl (C=O) groups excluding carboxylic acids is 1. The molecule has 0 aliphatic heterocycles. The number of carbonyl (C=O) groups is 1. The highest BCUT2D eigenvalue weighted by molar-refractivity contribution is 7.10. The average Bonchev–Trinajstić information content (AvgIpc) is 2.73. The molecule has 2 rings (SSSR count). The van der Waals surface area contributed by atoms with Crippen molar-refractivity contribution >= 4 is 28.5 Å². The molecule has 0 fully saturated rings. The standard InChI is InChI=1S/C11H10OS2/c1-7-5-13-6-10(7)11(12)9-3-4-14-8(9)2/h3-6H,1-2H3. The molecule has 72 valence electrons. The Morgan fingerprint density at radius 3 is 2.50 bits per heavy atom. The molecule has 2 aromatic rings. The minimum atomic E-state index is 0.155. The second kappa shape index (κ2) is 3.67. The van der Waals surface area contributed by atoms with E-state index in [1.165, 1.54) is 0 Å². The van der Waals surface area contributed by atoms with E-state index >= 15 is 0 Å². The zero-order valence-corrected chi connectivity index (χ0v) is 9.67. The molecular formula is C11H10OS2. The Morgan fingerprint density at radius 1 is 1.21 bits per heavy atom. The van der Waals surface area contributed by atoms with Crippen molar-refractivity contribution in [3.63, 3.8) is 0 Å². The van der Waals surface area contributed by atoms with Crippen LogP contribution in [0.15, 0.2) is 22.2 Å². The van der Waals surface area contributed by atoms with Crippen LogP contribution in [0.4, 0.5) is 0 Å². The number of hydrogen-bond acceptors (Lipinski definition) is 3. The summed E-state index contributed by atoms with van der Waals surface area (Å²) < 4.78 is 0. The van der Waals surface area contributed by atoms with Crippen LogP contribution in [0.25, 0.3) is 0 Å². The van der Waals surface area contributed by atoms with Gasteiger partial charge in [0.1, 0.15) is 0 Å². The van der Waals surface area contributed by atoms with Crippen LogP contribution in [0.2, 0.25) is 0 Å². The smallest absolute Gasteiger partial charge is 0.195 e. The number of aryl methyl sites for hydroxylation is 2. The van der Waals surface area contributed by atoms with Crippen molar-refractivity contribution in [2.45, 2.75) is 13.8 Å². The molecule has 0 radical (unpaired) electrons. The van der Waals surface area contributed by atoms with E-state index in [0.717, 1.165) is 21.6 Å². The zero-order chi connectivity index (χ0) is 10.1. The van der Waals surface area contributed by atoms with Crippen molar-refractivity contribution in [2.75, 3.05) is 0 Å². The Balaban J connectivity index is 2.44. The van der Waals surface area contributed by atoms with Gasteiger partial charge in [0.25, 0.3) is 0 Å². The fourth-order valence-electron chi connectivity index (χ4n) is 1.36. The van der Waals surface area contributed by atoms with Gasteiger partial charge >= 0.3 is 0 Å². The predicted molar refractivity (Wildman–Crippen MR) is 61.5 cm³/mol. The van der Waals surface area contributed by atoms with Crippen LogP contribution < -0.4 is 0 Å². The summed E-state index contributed by atoms with van der Waals surface area (Å²) in [5.41, 5.74) is 2.76. The van der Waals surface area contributed by atoms with Crippen LogP contribution in [0, 0.1) is 13.8 Å². The van der Waals surface area contributed by atoms with Gasteiger partial charge in [0.2, 0.25) is 0 Å². The molecule has 14 heavy (non-hydrogen) atoms. The zero-order valence-electron chi connectivity index (χ0n) is 8.03. The Labute approximate surface area is 91.0 Å². The third-order valence-corrected chi connectivity index (χ3v) is 3.91. The van der Waals surface area contributed by atoms with Crippen molar-refractivity contribution in [1.29, 1.82) is 0 Å². The normalized spacial score (nSPS) is 10.4. The summed E-state index contributed by atoms with van der Waals surface area (Å²) in [5, 5.41) is 5.90. The highest BCUT2D eigenvalue weighted by Crippen LogP contribution is 2.22. The summed E-state index contributed by atoms with van der Waals surface area (Å²) >= 11 is 3.20. The maximum atomic E-state index is 12.0. The van der Waals surface area contributed by atoms with Crippen molar-refractivity contribution in [3.8, 4) is 0 Å². The van der Waals surface area contributed by atoms with Gasteiger partial charge in [0.05, 0.1) is 0 Å². The van der Waals surface area contributed by atoms with Gasteiger partial charge in [-0.1, -0.05) is 0 Å². The minimum absolute atomic E-state index is 0.155. The minimum Gasteiger partial charge on any atom is -0.289 e. The van der Waals surface area contributed by atoms with E-state index in [9.17, 15) is 4.79 Å². The van der Waals surface area contributed by atoms with Gasteiger partial charge in [-0.15, -0.1) is 11.3 Å². The van der Waals surface area contributed by atoms with Gasteiger partial charge < -0.3 is 0 Å². The lowest BCUT2D eigenvalue weighted by atomic mass is 10.0. The average molecular weight is 222 g/mol. The Bertz CT molecular complexity index is 423. The third kappa shape index (κ3) is 1.53. The molecule has 0 amide bonds. The summed E-state index contributed by atoms with van der Waals surface area (Å²) in [6.45, 7) is 3.96. The van der Waals surface area contributed by atoms with E-state index in [0.29, 0.717) is 0 Å². The highest BCUT2D eigenvalue weighted by Gasteiger charge is 2.14. The van der Waals surface area contributed by atoms with Gasteiger partial charge in [-0.05, 0) is 36.2 Å². The van der Waals surface area contributed by atoms with Gasteiger partial charge in [0, 0.05) is 21.4 Å². The molecule has 2 aromatic heterocycles. The summed E-state index contributed by atoms with van der Waals surface area (Å²) in [7, 11) is 0. The first kappa shape index (κ1) is 9.62.